The Morgan fingerprint density at radius 2 is 0.827 bits per heavy atom. The predicted molar refractivity (Wildman–Crippen MR) is 207 cm³/mol. The van der Waals surface area contributed by atoms with Gasteiger partial charge in [0.05, 0.1) is 33.9 Å². The minimum absolute atomic E-state index is 0.0628. The van der Waals surface area contributed by atoms with Gasteiger partial charge in [0, 0.05) is 33.2 Å². The molecule has 2 aliphatic heterocycles. The molecule has 0 atom stereocenters. The number of aromatic amines is 2. The van der Waals surface area contributed by atoms with Gasteiger partial charge in [0.2, 0.25) is 0 Å². The molecule has 8 nitrogen and oxygen atoms in total. The number of H-pyrrole nitrogens is 2. The Morgan fingerprint density at radius 3 is 1.17 bits per heavy atom. The Labute approximate surface area is 301 Å². The number of rotatable bonds is 10. The highest BCUT2D eigenvalue weighted by Crippen LogP contribution is 2.44. The lowest BCUT2D eigenvalue weighted by molar-refractivity contribution is 0.354. The van der Waals surface area contributed by atoms with E-state index in [4.69, 9.17) is 54.6 Å². The van der Waals surface area contributed by atoms with Crippen LogP contribution in [0.15, 0.2) is 72.8 Å². The van der Waals surface area contributed by atoms with Gasteiger partial charge < -0.3 is 28.9 Å². The minimum Gasteiger partial charge on any atom is -0.480 e. The van der Waals surface area contributed by atoms with Crippen LogP contribution in [0.4, 0.5) is 0 Å². The standard InChI is InChI=1S/C44H30N4O4/c1-5-23-49-37-11-9-12-38(50-24-6-2)43(37)41-33-19-15-29(45-33)27-31-17-21-35(47-31)42(36-22-18-32(48-36)28-30-16-20-34(41)46-30)44-39(51-25-7-3)13-10-14-40(44)52-26-8-4/h1-4,9-22,27-28,45,48H,23-26H2. The summed E-state index contributed by atoms with van der Waals surface area (Å²) in [4.78, 5) is 17.2. The van der Waals surface area contributed by atoms with Crippen LogP contribution in [0, 0.1) is 49.4 Å². The maximum Gasteiger partial charge on any atom is 0.148 e. The molecular weight excluding hydrogens is 649 g/mol. The van der Waals surface area contributed by atoms with Crippen LogP contribution in [0.3, 0.4) is 0 Å². The molecule has 3 aromatic heterocycles. The third kappa shape index (κ3) is 6.70. The van der Waals surface area contributed by atoms with E-state index in [-0.39, 0.29) is 26.4 Å². The second-order valence-electron chi connectivity index (χ2n) is 11.4. The van der Waals surface area contributed by atoms with Crippen molar-refractivity contribution in [3.05, 3.63) is 95.6 Å². The average molecular weight is 679 g/mol. The van der Waals surface area contributed by atoms with Crippen molar-refractivity contribution in [2.24, 2.45) is 0 Å². The molecule has 0 saturated carbocycles. The summed E-state index contributed by atoms with van der Waals surface area (Å²) in [7, 11) is 0. The summed E-state index contributed by atoms with van der Waals surface area (Å²) in [5.41, 5.74) is 8.73. The van der Waals surface area contributed by atoms with E-state index in [0.717, 1.165) is 33.2 Å². The molecule has 0 aliphatic carbocycles. The average Bonchev–Trinajstić information content (AvgIpc) is 4.00. The first-order valence-electron chi connectivity index (χ1n) is 16.2. The highest BCUT2D eigenvalue weighted by molar-refractivity contribution is 5.97. The molecule has 0 amide bonds. The van der Waals surface area contributed by atoms with Crippen molar-refractivity contribution in [3.63, 3.8) is 0 Å². The second-order valence-corrected chi connectivity index (χ2v) is 11.4. The molecule has 0 spiro atoms. The molecule has 0 saturated heterocycles. The van der Waals surface area contributed by atoms with Crippen LogP contribution in [0.1, 0.15) is 22.8 Å². The van der Waals surface area contributed by atoms with Crippen LogP contribution < -0.4 is 18.9 Å². The van der Waals surface area contributed by atoms with Gasteiger partial charge in [-0.15, -0.1) is 25.7 Å². The number of nitrogens with zero attached hydrogens (tertiary/aromatic N) is 2. The fraction of sp³-hybridized carbons (Fsp3) is 0.0909. The zero-order valence-electron chi connectivity index (χ0n) is 27.9. The van der Waals surface area contributed by atoms with Crippen LogP contribution in [0.25, 0.3) is 68.6 Å². The number of terminal acetylenes is 4. The topological polar surface area (TPSA) is 94.3 Å². The van der Waals surface area contributed by atoms with Crippen LogP contribution in [0.2, 0.25) is 0 Å². The van der Waals surface area contributed by atoms with Gasteiger partial charge in [0.1, 0.15) is 49.4 Å². The van der Waals surface area contributed by atoms with Gasteiger partial charge in [-0.05, 0) is 85.0 Å². The van der Waals surface area contributed by atoms with Crippen molar-refractivity contribution in [1.29, 1.82) is 0 Å². The molecule has 5 heterocycles. The first kappa shape index (κ1) is 33.0. The molecule has 2 aliphatic rings. The third-order valence-corrected chi connectivity index (χ3v) is 8.12. The first-order chi connectivity index (χ1) is 25.6. The lowest BCUT2D eigenvalue weighted by Crippen LogP contribution is -2.01. The lowest BCUT2D eigenvalue weighted by Gasteiger charge is -2.16. The largest absolute Gasteiger partial charge is 0.480 e. The van der Waals surface area contributed by atoms with Gasteiger partial charge in [-0.25, -0.2) is 9.97 Å². The fourth-order valence-corrected chi connectivity index (χ4v) is 6.07. The van der Waals surface area contributed by atoms with Crippen molar-refractivity contribution in [2.45, 2.75) is 0 Å². The van der Waals surface area contributed by atoms with E-state index in [2.05, 4.69) is 33.6 Å². The summed E-state index contributed by atoms with van der Waals surface area (Å²) < 4.78 is 24.2. The maximum atomic E-state index is 6.04. The van der Waals surface area contributed by atoms with E-state index in [1.54, 1.807) is 0 Å². The zero-order valence-corrected chi connectivity index (χ0v) is 27.9. The van der Waals surface area contributed by atoms with Gasteiger partial charge in [0.15, 0.2) is 0 Å². The van der Waals surface area contributed by atoms with E-state index in [1.165, 1.54) is 0 Å². The van der Waals surface area contributed by atoms with Gasteiger partial charge in [0.25, 0.3) is 0 Å². The number of fused-ring (bicyclic) bond motifs is 8. The third-order valence-electron chi connectivity index (χ3n) is 8.12. The predicted octanol–water partition coefficient (Wildman–Crippen LogP) is 8.04. The van der Waals surface area contributed by atoms with E-state index >= 15 is 0 Å². The number of benzene rings is 2. The fourth-order valence-electron chi connectivity index (χ4n) is 6.07. The summed E-state index contributed by atoms with van der Waals surface area (Å²) in [6.07, 6.45) is 30.1. The number of ether oxygens (including phenoxy) is 4. The Morgan fingerprint density at radius 1 is 0.462 bits per heavy atom. The summed E-state index contributed by atoms with van der Waals surface area (Å²) >= 11 is 0. The van der Waals surface area contributed by atoms with Gasteiger partial charge in [-0.1, -0.05) is 35.8 Å². The summed E-state index contributed by atoms with van der Waals surface area (Å²) in [6.45, 7) is 0.251. The van der Waals surface area contributed by atoms with E-state index in [9.17, 15) is 0 Å². The normalized spacial score (nSPS) is 11.2. The molecular formula is C44H30N4O4. The number of nitrogens with one attached hydrogen (secondary N) is 2. The molecule has 0 fully saturated rings. The SMILES string of the molecule is C#CCOc1cccc(OCC#C)c1-c1c2nc(cc3ccc([nH]3)c(-c3c(OCC#C)cccc3OCC#C)c3nc(cc4ccc1[nH]4)C=C3)C=C2. The molecule has 5 aromatic rings. The smallest absolute Gasteiger partial charge is 0.148 e. The van der Waals surface area contributed by atoms with Crippen molar-refractivity contribution < 1.29 is 18.9 Å². The van der Waals surface area contributed by atoms with Gasteiger partial charge in [-0.3, -0.25) is 0 Å². The molecule has 8 bridgehead atoms. The number of hydrogen-bond acceptors (Lipinski definition) is 6. The van der Waals surface area contributed by atoms with E-state index in [0.29, 0.717) is 56.9 Å². The van der Waals surface area contributed by atoms with E-state index in [1.807, 2.05) is 97.1 Å². The van der Waals surface area contributed by atoms with Crippen LogP contribution in [-0.2, 0) is 0 Å². The lowest BCUT2D eigenvalue weighted by atomic mass is 10.0. The Bertz CT molecular complexity index is 2340. The molecule has 52 heavy (non-hydrogen) atoms. The maximum absolute atomic E-state index is 6.04. The quantitative estimate of drug-likeness (QED) is 0.142. The minimum atomic E-state index is 0.0628. The molecule has 2 aromatic carbocycles. The second kappa shape index (κ2) is 14.9. The van der Waals surface area contributed by atoms with Gasteiger partial charge >= 0.3 is 0 Å². The Hall–Kier alpha value is -7.52. The van der Waals surface area contributed by atoms with Crippen LogP contribution in [0.5, 0.6) is 23.0 Å². The van der Waals surface area contributed by atoms with Crippen LogP contribution in [-0.4, -0.2) is 46.4 Å². The molecule has 7 rings (SSSR count). The van der Waals surface area contributed by atoms with Crippen molar-refractivity contribution in [1.82, 2.24) is 19.9 Å². The monoisotopic (exact) mass is 678 g/mol. The van der Waals surface area contributed by atoms with Crippen molar-refractivity contribution in [2.75, 3.05) is 26.4 Å². The Balaban J connectivity index is 1.54. The van der Waals surface area contributed by atoms with E-state index < -0.39 is 0 Å². The van der Waals surface area contributed by atoms with Crippen molar-refractivity contribution in [3.8, 4) is 94.6 Å². The summed E-state index contributed by atoms with van der Waals surface area (Å²) in [5, 5.41) is 0. The zero-order chi connectivity index (χ0) is 35.9. The highest BCUT2D eigenvalue weighted by atomic mass is 16.5. The molecule has 2 N–H and O–H groups in total. The Kier molecular flexibility index (Phi) is 9.48. The first-order valence-corrected chi connectivity index (χ1v) is 16.2. The van der Waals surface area contributed by atoms with Crippen LogP contribution >= 0.6 is 0 Å². The molecule has 0 radical (unpaired) electrons. The molecule has 8 heteroatoms. The number of aromatic nitrogens is 4. The molecule has 250 valence electrons. The molecule has 0 unspecified atom stereocenters. The summed E-state index contributed by atoms with van der Waals surface area (Å²) in [6, 6.07) is 22.9. The highest BCUT2D eigenvalue weighted by Gasteiger charge is 2.22. The van der Waals surface area contributed by atoms with Gasteiger partial charge in [-0.2, -0.15) is 0 Å². The summed E-state index contributed by atoms with van der Waals surface area (Å²) in [5.74, 6) is 12.3. The van der Waals surface area contributed by atoms with Crippen molar-refractivity contribution >= 4 is 46.4 Å². The number of hydrogen-bond donors (Lipinski definition) is 2.